The molecule has 1 aromatic carbocycles. The first-order valence-corrected chi connectivity index (χ1v) is 5.87. The summed E-state index contributed by atoms with van der Waals surface area (Å²) in [7, 11) is 0. The third kappa shape index (κ3) is 4.23. The first-order valence-electron chi connectivity index (χ1n) is 5.87. The zero-order valence-electron chi connectivity index (χ0n) is 10.7. The Morgan fingerprint density at radius 3 is 2.50 bits per heavy atom. The van der Waals surface area contributed by atoms with Crippen molar-refractivity contribution < 1.29 is 9.84 Å². The number of ether oxygens (including phenoxy) is 1. The van der Waals surface area contributed by atoms with Crippen LogP contribution in [0, 0.1) is 6.92 Å². The highest BCUT2D eigenvalue weighted by atomic mass is 16.5. The van der Waals surface area contributed by atoms with Gasteiger partial charge in [-0.25, -0.2) is 0 Å². The molecule has 1 rings (SSSR count). The minimum atomic E-state index is -0.591. The summed E-state index contributed by atoms with van der Waals surface area (Å²) in [6.45, 7) is 8.42. The molecule has 0 saturated carbocycles. The van der Waals surface area contributed by atoms with Crippen molar-refractivity contribution in [1.29, 1.82) is 0 Å². The van der Waals surface area contributed by atoms with Crippen molar-refractivity contribution >= 4 is 0 Å². The van der Waals surface area contributed by atoms with E-state index in [0.717, 1.165) is 24.2 Å². The predicted molar refractivity (Wildman–Crippen MR) is 67.0 cm³/mol. The van der Waals surface area contributed by atoms with Gasteiger partial charge in [0.15, 0.2) is 0 Å². The lowest BCUT2D eigenvalue weighted by molar-refractivity contribution is 0.0714. The number of benzene rings is 1. The normalized spacial score (nSPS) is 11.6. The average Bonchev–Trinajstić information content (AvgIpc) is 2.18. The number of aliphatic hydroxyl groups is 1. The lowest BCUT2D eigenvalue weighted by Gasteiger charge is -2.17. The summed E-state index contributed by atoms with van der Waals surface area (Å²) in [4.78, 5) is 0. The van der Waals surface area contributed by atoms with E-state index in [2.05, 4.69) is 19.1 Å². The van der Waals surface area contributed by atoms with Crippen LogP contribution in [-0.2, 0) is 6.42 Å². The second-order valence-electron chi connectivity index (χ2n) is 4.85. The van der Waals surface area contributed by atoms with Crippen molar-refractivity contribution in [3.8, 4) is 5.75 Å². The van der Waals surface area contributed by atoms with Crippen molar-refractivity contribution in [3.63, 3.8) is 0 Å². The first kappa shape index (κ1) is 13.0. The summed E-state index contributed by atoms with van der Waals surface area (Å²) in [5.74, 6) is 0.953. The molecule has 0 spiro atoms. The van der Waals surface area contributed by atoms with Gasteiger partial charge >= 0.3 is 0 Å². The Hall–Kier alpha value is -1.02. The molecule has 0 aliphatic heterocycles. The molecule has 0 aliphatic rings. The first-order chi connectivity index (χ1) is 7.42. The zero-order chi connectivity index (χ0) is 12.2. The van der Waals surface area contributed by atoms with Crippen molar-refractivity contribution in [2.75, 3.05) is 6.61 Å². The maximum Gasteiger partial charge on any atom is 0.122 e. The molecule has 0 aliphatic carbocycles. The molecule has 1 aromatic rings. The minimum Gasteiger partial charge on any atom is -0.494 e. The van der Waals surface area contributed by atoms with Gasteiger partial charge in [-0.1, -0.05) is 12.1 Å². The van der Waals surface area contributed by atoms with Crippen molar-refractivity contribution in [2.24, 2.45) is 0 Å². The molecule has 0 heterocycles. The largest absolute Gasteiger partial charge is 0.494 e. The highest BCUT2D eigenvalue weighted by Crippen LogP contribution is 2.21. The van der Waals surface area contributed by atoms with Gasteiger partial charge in [0.25, 0.3) is 0 Å². The fourth-order valence-corrected chi connectivity index (χ4v) is 1.63. The zero-order valence-corrected chi connectivity index (χ0v) is 10.7. The minimum absolute atomic E-state index is 0.591. The summed E-state index contributed by atoms with van der Waals surface area (Å²) in [6, 6.07) is 6.22. The van der Waals surface area contributed by atoms with E-state index >= 15 is 0 Å². The quantitative estimate of drug-likeness (QED) is 0.829. The van der Waals surface area contributed by atoms with Gasteiger partial charge in [-0.2, -0.15) is 0 Å². The van der Waals surface area contributed by atoms with E-state index in [4.69, 9.17) is 4.74 Å². The van der Waals surface area contributed by atoms with Crippen LogP contribution in [0.1, 0.15) is 38.3 Å². The lowest BCUT2D eigenvalue weighted by atomic mass is 9.98. The van der Waals surface area contributed by atoms with Gasteiger partial charge in [-0.15, -0.1) is 0 Å². The van der Waals surface area contributed by atoms with E-state index in [1.807, 2.05) is 26.8 Å². The fourth-order valence-electron chi connectivity index (χ4n) is 1.63. The molecule has 0 atom stereocenters. The van der Waals surface area contributed by atoms with Crippen LogP contribution in [0.3, 0.4) is 0 Å². The molecule has 16 heavy (non-hydrogen) atoms. The monoisotopic (exact) mass is 222 g/mol. The number of hydrogen-bond donors (Lipinski definition) is 1. The van der Waals surface area contributed by atoms with Crippen LogP contribution in [0.15, 0.2) is 18.2 Å². The molecule has 0 saturated heterocycles. The van der Waals surface area contributed by atoms with Crippen LogP contribution in [-0.4, -0.2) is 17.3 Å². The third-order valence-electron chi connectivity index (χ3n) is 2.56. The number of hydrogen-bond acceptors (Lipinski definition) is 2. The summed E-state index contributed by atoms with van der Waals surface area (Å²) in [5, 5.41) is 9.66. The molecule has 1 N–H and O–H groups in total. The van der Waals surface area contributed by atoms with Gasteiger partial charge in [0.05, 0.1) is 12.2 Å². The van der Waals surface area contributed by atoms with E-state index in [9.17, 15) is 5.11 Å². The Kier molecular flexibility index (Phi) is 4.36. The SMILES string of the molecule is CCOc1ccc(CCC(C)(C)O)cc1C. The molecule has 0 amide bonds. The molecule has 2 heteroatoms. The topological polar surface area (TPSA) is 29.5 Å². The molecule has 0 unspecified atom stereocenters. The van der Waals surface area contributed by atoms with Crippen molar-refractivity contribution in [3.05, 3.63) is 29.3 Å². The maximum atomic E-state index is 9.66. The van der Waals surface area contributed by atoms with E-state index in [1.54, 1.807) is 0 Å². The fraction of sp³-hybridized carbons (Fsp3) is 0.571. The van der Waals surface area contributed by atoms with E-state index in [0.29, 0.717) is 6.61 Å². The Bertz CT molecular complexity index is 337. The summed E-state index contributed by atoms with van der Waals surface area (Å²) in [5.41, 5.74) is 1.82. The van der Waals surface area contributed by atoms with Gasteiger partial charge in [0.1, 0.15) is 5.75 Å². The predicted octanol–water partition coefficient (Wildman–Crippen LogP) is 3.10. The standard InChI is InChI=1S/C14H22O2/c1-5-16-13-7-6-12(10-11(13)2)8-9-14(3,4)15/h6-7,10,15H,5,8-9H2,1-4H3. The molecular weight excluding hydrogens is 200 g/mol. The van der Waals surface area contributed by atoms with Gasteiger partial charge in [0, 0.05) is 0 Å². The molecular formula is C14H22O2. The second-order valence-corrected chi connectivity index (χ2v) is 4.85. The van der Waals surface area contributed by atoms with Crippen LogP contribution in [0.2, 0.25) is 0 Å². The summed E-state index contributed by atoms with van der Waals surface area (Å²) >= 11 is 0. The van der Waals surface area contributed by atoms with E-state index < -0.39 is 5.60 Å². The van der Waals surface area contributed by atoms with Gasteiger partial charge in [0.2, 0.25) is 0 Å². The molecule has 90 valence electrons. The average molecular weight is 222 g/mol. The van der Waals surface area contributed by atoms with E-state index in [-0.39, 0.29) is 0 Å². The Labute approximate surface area is 98.3 Å². The number of rotatable bonds is 5. The van der Waals surface area contributed by atoms with E-state index in [1.165, 1.54) is 5.56 Å². The lowest BCUT2D eigenvalue weighted by Crippen LogP contribution is -2.19. The molecule has 2 nitrogen and oxygen atoms in total. The Morgan fingerprint density at radius 2 is 2.00 bits per heavy atom. The Balaban J connectivity index is 2.66. The summed E-state index contributed by atoms with van der Waals surface area (Å²) in [6.07, 6.45) is 1.68. The summed E-state index contributed by atoms with van der Waals surface area (Å²) < 4.78 is 5.49. The molecule has 0 aromatic heterocycles. The Morgan fingerprint density at radius 1 is 1.31 bits per heavy atom. The smallest absolute Gasteiger partial charge is 0.122 e. The highest BCUT2D eigenvalue weighted by molar-refractivity contribution is 5.36. The van der Waals surface area contributed by atoms with Crippen molar-refractivity contribution in [1.82, 2.24) is 0 Å². The van der Waals surface area contributed by atoms with Gasteiger partial charge in [-0.3, -0.25) is 0 Å². The maximum absolute atomic E-state index is 9.66. The second kappa shape index (κ2) is 5.35. The van der Waals surface area contributed by atoms with Crippen LogP contribution in [0.4, 0.5) is 0 Å². The van der Waals surface area contributed by atoms with Crippen LogP contribution < -0.4 is 4.74 Å². The molecule has 0 fully saturated rings. The third-order valence-corrected chi connectivity index (χ3v) is 2.56. The van der Waals surface area contributed by atoms with Crippen LogP contribution in [0.5, 0.6) is 5.75 Å². The van der Waals surface area contributed by atoms with Crippen LogP contribution >= 0.6 is 0 Å². The van der Waals surface area contributed by atoms with Gasteiger partial charge in [-0.05, 0) is 57.7 Å². The van der Waals surface area contributed by atoms with Crippen molar-refractivity contribution in [2.45, 2.75) is 46.1 Å². The van der Waals surface area contributed by atoms with Crippen LogP contribution in [0.25, 0.3) is 0 Å². The highest BCUT2D eigenvalue weighted by Gasteiger charge is 2.12. The molecule has 0 radical (unpaired) electrons. The number of aryl methyl sites for hydroxylation is 2. The molecule has 0 bridgehead atoms. The van der Waals surface area contributed by atoms with Gasteiger partial charge < -0.3 is 9.84 Å².